The summed E-state index contributed by atoms with van der Waals surface area (Å²) in [6.45, 7) is 6.15. The summed E-state index contributed by atoms with van der Waals surface area (Å²) >= 11 is 0. The molecule has 0 aliphatic carbocycles. The second-order valence-electron chi connectivity index (χ2n) is 3.78. The minimum absolute atomic E-state index is 0.0694. The highest BCUT2D eigenvalue weighted by molar-refractivity contribution is 4.74. The monoisotopic (exact) mass is 188 g/mol. The average molecular weight is 188 g/mol. The molecule has 13 heavy (non-hydrogen) atoms. The summed E-state index contributed by atoms with van der Waals surface area (Å²) in [5.74, 6) is 0.0694. The average Bonchev–Trinajstić information content (AvgIpc) is 2.06. The van der Waals surface area contributed by atoms with Crippen LogP contribution in [0.25, 0.3) is 0 Å². The first-order valence-corrected chi connectivity index (χ1v) is 5.53. The largest absolute Gasteiger partial charge is 0.393 e. The second kappa shape index (κ2) is 7.34. The Labute approximate surface area is 82.0 Å². The van der Waals surface area contributed by atoms with Crippen molar-refractivity contribution in [3.05, 3.63) is 0 Å². The van der Waals surface area contributed by atoms with Crippen LogP contribution in [0.1, 0.15) is 52.9 Å². The number of aliphatic hydroxyl groups is 2. The maximum absolute atomic E-state index is 9.75. The smallest absolute Gasteiger partial charge is 0.0592 e. The molecule has 0 aromatic carbocycles. The molecule has 0 bridgehead atoms. The van der Waals surface area contributed by atoms with Gasteiger partial charge in [-0.3, -0.25) is 0 Å². The number of rotatable bonds is 7. The van der Waals surface area contributed by atoms with Crippen LogP contribution < -0.4 is 0 Å². The van der Waals surface area contributed by atoms with E-state index in [0.29, 0.717) is 0 Å². The van der Waals surface area contributed by atoms with Crippen LogP contribution in [0.15, 0.2) is 0 Å². The van der Waals surface area contributed by atoms with E-state index < -0.39 is 0 Å². The van der Waals surface area contributed by atoms with Gasteiger partial charge in [-0.05, 0) is 19.3 Å². The van der Waals surface area contributed by atoms with E-state index in [1.165, 1.54) is 0 Å². The highest BCUT2D eigenvalue weighted by Gasteiger charge is 2.23. The molecule has 0 aromatic heterocycles. The molecule has 80 valence electrons. The molecular formula is C11H24O2. The van der Waals surface area contributed by atoms with Gasteiger partial charge in [0, 0.05) is 5.92 Å². The molecule has 0 aromatic rings. The molecule has 0 fully saturated rings. The highest BCUT2D eigenvalue weighted by Crippen LogP contribution is 2.20. The minimum atomic E-state index is -0.323. The van der Waals surface area contributed by atoms with E-state index in [1.807, 2.05) is 6.92 Å². The van der Waals surface area contributed by atoms with E-state index in [4.69, 9.17) is 0 Å². The lowest BCUT2D eigenvalue weighted by molar-refractivity contribution is 0.00200. The first kappa shape index (κ1) is 12.9. The van der Waals surface area contributed by atoms with E-state index >= 15 is 0 Å². The highest BCUT2D eigenvalue weighted by atomic mass is 16.3. The molecule has 0 aliphatic rings. The molecule has 0 radical (unpaired) electrons. The summed E-state index contributed by atoms with van der Waals surface area (Å²) in [7, 11) is 0. The zero-order chi connectivity index (χ0) is 10.3. The van der Waals surface area contributed by atoms with E-state index in [-0.39, 0.29) is 18.1 Å². The Balaban J connectivity index is 3.98. The summed E-state index contributed by atoms with van der Waals surface area (Å²) in [4.78, 5) is 0. The van der Waals surface area contributed by atoms with Crippen molar-refractivity contribution in [3.8, 4) is 0 Å². The Morgan fingerprint density at radius 2 is 1.23 bits per heavy atom. The number of aliphatic hydroxyl groups excluding tert-OH is 2. The zero-order valence-corrected chi connectivity index (χ0v) is 9.16. The molecule has 0 spiro atoms. The molecule has 0 rings (SSSR count). The first-order chi connectivity index (χ1) is 6.17. The molecule has 0 saturated heterocycles. The third-order valence-electron chi connectivity index (χ3n) is 2.63. The second-order valence-corrected chi connectivity index (χ2v) is 3.78. The molecule has 2 nitrogen and oxygen atoms in total. The minimum Gasteiger partial charge on any atom is -0.393 e. The van der Waals surface area contributed by atoms with Gasteiger partial charge < -0.3 is 10.2 Å². The molecule has 2 atom stereocenters. The van der Waals surface area contributed by atoms with Crippen LogP contribution in [0, 0.1) is 5.92 Å². The predicted octanol–water partition coefficient (Wildman–Crippen LogP) is 2.33. The summed E-state index contributed by atoms with van der Waals surface area (Å²) in [5.41, 5.74) is 0. The van der Waals surface area contributed by atoms with Crippen molar-refractivity contribution in [3.63, 3.8) is 0 Å². The Bertz CT molecular complexity index is 103. The molecule has 0 saturated carbocycles. The van der Waals surface area contributed by atoms with Crippen molar-refractivity contribution < 1.29 is 10.2 Å². The van der Waals surface area contributed by atoms with Crippen molar-refractivity contribution in [1.82, 2.24) is 0 Å². The van der Waals surface area contributed by atoms with Gasteiger partial charge >= 0.3 is 0 Å². The fourth-order valence-electron chi connectivity index (χ4n) is 1.82. The van der Waals surface area contributed by atoms with E-state index in [0.717, 1.165) is 32.1 Å². The summed E-state index contributed by atoms with van der Waals surface area (Å²) < 4.78 is 0. The normalized spacial score (nSPS) is 18.2. The fourth-order valence-corrected chi connectivity index (χ4v) is 1.82. The Morgan fingerprint density at radius 3 is 1.46 bits per heavy atom. The van der Waals surface area contributed by atoms with Crippen LogP contribution in [0.4, 0.5) is 0 Å². The lowest BCUT2D eigenvalue weighted by atomic mass is 9.88. The van der Waals surface area contributed by atoms with Gasteiger partial charge in [-0.25, -0.2) is 0 Å². The lowest BCUT2D eigenvalue weighted by Crippen LogP contribution is -2.31. The third-order valence-corrected chi connectivity index (χ3v) is 2.63. The van der Waals surface area contributed by atoms with Gasteiger partial charge in [-0.15, -0.1) is 0 Å². The molecule has 0 amide bonds. The SMILES string of the molecule is CCCC(O)C(CC)C(O)CCC. The molecule has 0 aliphatic heterocycles. The molecular weight excluding hydrogens is 164 g/mol. The van der Waals surface area contributed by atoms with Crippen LogP contribution >= 0.6 is 0 Å². The topological polar surface area (TPSA) is 40.5 Å². The molecule has 0 heterocycles. The van der Waals surface area contributed by atoms with Gasteiger partial charge in [0.05, 0.1) is 12.2 Å². The molecule has 2 N–H and O–H groups in total. The van der Waals surface area contributed by atoms with Crippen molar-refractivity contribution in [2.75, 3.05) is 0 Å². The first-order valence-electron chi connectivity index (χ1n) is 5.53. The molecule has 2 unspecified atom stereocenters. The van der Waals surface area contributed by atoms with Gasteiger partial charge in [0.25, 0.3) is 0 Å². The van der Waals surface area contributed by atoms with Crippen LogP contribution in [0.5, 0.6) is 0 Å². The van der Waals surface area contributed by atoms with E-state index in [2.05, 4.69) is 13.8 Å². The van der Waals surface area contributed by atoms with E-state index in [9.17, 15) is 10.2 Å². The molecule has 2 heteroatoms. The van der Waals surface area contributed by atoms with Gasteiger partial charge in [0.1, 0.15) is 0 Å². The summed E-state index contributed by atoms with van der Waals surface area (Å²) in [6, 6.07) is 0. The summed E-state index contributed by atoms with van der Waals surface area (Å²) in [6.07, 6.45) is 3.79. The standard InChI is InChI=1S/C11H24O2/c1-4-7-10(12)9(6-3)11(13)8-5-2/h9-13H,4-8H2,1-3H3. The number of hydrogen-bond acceptors (Lipinski definition) is 2. The summed E-state index contributed by atoms with van der Waals surface area (Å²) in [5, 5.41) is 19.5. The maximum Gasteiger partial charge on any atom is 0.0592 e. The van der Waals surface area contributed by atoms with Gasteiger partial charge in [0.15, 0.2) is 0 Å². The van der Waals surface area contributed by atoms with Crippen LogP contribution in [-0.2, 0) is 0 Å². The lowest BCUT2D eigenvalue weighted by Gasteiger charge is -2.26. The quantitative estimate of drug-likeness (QED) is 0.644. The van der Waals surface area contributed by atoms with Gasteiger partial charge in [0.2, 0.25) is 0 Å². The van der Waals surface area contributed by atoms with Crippen molar-refractivity contribution in [1.29, 1.82) is 0 Å². The van der Waals surface area contributed by atoms with Gasteiger partial charge in [-0.2, -0.15) is 0 Å². The van der Waals surface area contributed by atoms with Crippen molar-refractivity contribution in [2.24, 2.45) is 5.92 Å². The Hall–Kier alpha value is -0.0800. The number of hydrogen-bond donors (Lipinski definition) is 2. The Kier molecular flexibility index (Phi) is 7.29. The van der Waals surface area contributed by atoms with Crippen LogP contribution in [-0.4, -0.2) is 22.4 Å². The van der Waals surface area contributed by atoms with E-state index in [1.54, 1.807) is 0 Å². The predicted molar refractivity (Wildman–Crippen MR) is 55.6 cm³/mol. The zero-order valence-electron chi connectivity index (χ0n) is 9.16. The third kappa shape index (κ3) is 4.63. The van der Waals surface area contributed by atoms with Crippen LogP contribution in [0.3, 0.4) is 0 Å². The van der Waals surface area contributed by atoms with Crippen molar-refractivity contribution in [2.45, 2.75) is 65.1 Å². The van der Waals surface area contributed by atoms with Gasteiger partial charge in [-0.1, -0.05) is 33.6 Å². The van der Waals surface area contributed by atoms with Crippen molar-refractivity contribution >= 4 is 0 Å². The maximum atomic E-state index is 9.75. The Morgan fingerprint density at radius 1 is 0.846 bits per heavy atom. The van der Waals surface area contributed by atoms with Crippen LogP contribution in [0.2, 0.25) is 0 Å². The fraction of sp³-hybridized carbons (Fsp3) is 1.00.